The highest BCUT2D eigenvalue weighted by atomic mass is 19.2. The van der Waals surface area contributed by atoms with Crippen molar-refractivity contribution in [3.8, 4) is 0 Å². The highest BCUT2D eigenvalue weighted by molar-refractivity contribution is 6.01. The molecule has 0 radical (unpaired) electrons. The first kappa shape index (κ1) is 11.9. The number of H-pyrrole nitrogens is 1. The van der Waals surface area contributed by atoms with Crippen molar-refractivity contribution in [1.29, 1.82) is 0 Å². The number of carbonyl (C=O) groups excluding carboxylic acids is 1. The number of carbonyl (C=O) groups is 1. The summed E-state index contributed by atoms with van der Waals surface area (Å²) in [6.07, 6.45) is 0. The molecule has 0 aliphatic rings. The van der Waals surface area contributed by atoms with Crippen LogP contribution in [0.5, 0.6) is 0 Å². The molecule has 1 heterocycles. The first-order chi connectivity index (χ1) is 8.47. The lowest BCUT2D eigenvalue weighted by Gasteiger charge is -2.04. The van der Waals surface area contributed by atoms with Gasteiger partial charge in [-0.25, -0.2) is 13.2 Å². The zero-order valence-corrected chi connectivity index (χ0v) is 8.67. The van der Waals surface area contributed by atoms with E-state index in [-0.39, 0.29) is 11.8 Å². The average Bonchev–Trinajstić information content (AvgIpc) is 2.73. The molecule has 0 aliphatic carbocycles. The number of hydrogen-bond donors (Lipinski definition) is 3. The van der Waals surface area contributed by atoms with Crippen molar-refractivity contribution in [2.45, 2.75) is 0 Å². The zero-order valence-electron chi connectivity index (χ0n) is 8.67. The maximum atomic E-state index is 13.2. The van der Waals surface area contributed by atoms with E-state index in [9.17, 15) is 18.0 Å². The van der Waals surface area contributed by atoms with Crippen LogP contribution >= 0.6 is 0 Å². The van der Waals surface area contributed by atoms with Crippen molar-refractivity contribution >= 4 is 17.5 Å². The Morgan fingerprint density at radius 1 is 1.22 bits per heavy atom. The van der Waals surface area contributed by atoms with Crippen LogP contribution in [-0.4, -0.2) is 21.1 Å². The maximum absolute atomic E-state index is 13.2. The minimum atomic E-state index is -1.35. The molecular weight excluding hydrogens is 251 g/mol. The van der Waals surface area contributed by atoms with Crippen molar-refractivity contribution in [1.82, 2.24) is 15.2 Å². The highest BCUT2D eigenvalue weighted by Gasteiger charge is 2.15. The van der Waals surface area contributed by atoms with Crippen LogP contribution in [0.15, 0.2) is 12.1 Å². The van der Waals surface area contributed by atoms with Crippen molar-refractivity contribution in [2.24, 2.45) is 0 Å². The third-order valence-electron chi connectivity index (χ3n) is 1.98. The second-order valence-corrected chi connectivity index (χ2v) is 3.24. The summed E-state index contributed by atoms with van der Waals surface area (Å²) in [4.78, 5) is 15.0. The fraction of sp³-hybridized carbons (Fsp3) is 0. The van der Waals surface area contributed by atoms with E-state index in [1.165, 1.54) is 0 Å². The van der Waals surface area contributed by atoms with Crippen molar-refractivity contribution in [2.75, 3.05) is 11.1 Å². The molecule has 0 spiro atoms. The van der Waals surface area contributed by atoms with Gasteiger partial charge in [-0.2, -0.15) is 4.98 Å². The summed E-state index contributed by atoms with van der Waals surface area (Å²) >= 11 is 0. The van der Waals surface area contributed by atoms with Gasteiger partial charge in [0.15, 0.2) is 11.6 Å². The van der Waals surface area contributed by atoms with Gasteiger partial charge in [-0.05, 0) is 0 Å². The minimum Gasteiger partial charge on any atom is -0.366 e. The third-order valence-corrected chi connectivity index (χ3v) is 1.98. The van der Waals surface area contributed by atoms with E-state index < -0.39 is 29.0 Å². The largest absolute Gasteiger partial charge is 0.366 e. The number of aromatic amines is 1. The van der Waals surface area contributed by atoms with Gasteiger partial charge < -0.3 is 11.1 Å². The normalized spacial score (nSPS) is 10.4. The Labute approximate surface area is 98.0 Å². The summed E-state index contributed by atoms with van der Waals surface area (Å²) in [5.74, 6) is -5.10. The quantitative estimate of drug-likeness (QED) is 0.700. The smallest absolute Gasteiger partial charge is 0.293 e. The second-order valence-electron chi connectivity index (χ2n) is 3.24. The van der Waals surface area contributed by atoms with E-state index in [1.54, 1.807) is 0 Å². The van der Waals surface area contributed by atoms with Crippen LogP contribution in [0, 0.1) is 17.5 Å². The summed E-state index contributed by atoms with van der Waals surface area (Å²) in [7, 11) is 0. The predicted octanol–water partition coefficient (Wildman–Crippen LogP) is 1.06. The van der Waals surface area contributed by atoms with Gasteiger partial charge in [-0.1, -0.05) is 0 Å². The van der Waals surface area contributed by atoms with Gasteiger partial charge in [0.1, 0.15) is 5.82 Å². The summed E-state index contributed by atoms with van der Waals surface area (Å²) in [5.41, 5.74) is 4.65. The molecule has 0 bridgehead atoms. The SMILES string of the molecule is Nc1n[nH]c(C(=O)Nc2cc(F)c(F)cc2F)n1. The van der Waals surface area contributed by atoms with E-state index in [4.69, 9.17) is 5.73 Å². The van der Waals surface area contributed by atoms with Crippen LogP contribution in [-0.2, 0) is 0 Å². The van der Waals surface area contributed by atoms with Gasteiger partial charge in [0, 0.05) is 12.1 Å². The van der Waals surface area contributed by atoms with E-state index >= 15 is 0 Å². The number of rotatable bonds is 2. The topological polar surface area (TPSA) is 96.7 Å². The Hall–Kier alpha value is -2.58. The van der Waals surface area contributed by atoms with Crippen LogP contribution in [0.25, 0.3) is 0 Å². The minimum absolute atomic E-state index is 0.175. The fourth-order valence-electron chi connectivity index (χ4n) is 1.18. The number of anilines is 2. The molecule has 18 heavy (non-hydrogen) atoms. The van der Waals surface area contributed by atoms with Gasteiger partial charge in [-0.3, -0.25) is 9.89 Å². The van der Waals surface area contributed by atoms with Gasteiger partial charge in [0.05, 0.1) is 5.69 Å². The Balaban J connectivity index is 2.24. The fourth-order valence-corrected chi connectivity index (χ4v) is 1.18. The Bertz CT molecular complexity index is 612. The molecular formula is C9H6F3N5O. The lowest BCUT2D eigenvalue weighted by molar-refractivity contribution is 0.101. The predicted molar refractivity (Wildman–Crippen MR) is 55.1 cm³/mol. The number of aromatic nitrogens is 3. The molecule has 0 fully saturated rings. The van der Waals surface area contributed by atoms with Crippen LogP contribution in [0.4, 0.5) is 24.8 Å². The number of nitrogen functional groups attached to an aromatic ring is 1. The van der Waals surface area contributed by atoms with Gasteiger partial charge >= 0.3 is 0 Å². The molecule has 0 atom stereocenters. The number of hydrogen-bond acceptors (Lipinski definition) is 4. The first-order valence-corrected chi connectivity index (χ1v) is 4.61. The number of nitrogens with one attached hydrogen (secondary N) is 2. The molecule has 0 saturated heterocycles. The Morgan fingerprint density at radius 2 is 1.89 bits per heavy atom. The van der Waals surface area contributed by atoms with Gasteiger partial charge in [0.25, 0.3) is 5.91 Å². The van der Waals surface area contributed by atoms with Crippen molar-refractivity contribution in [3.63, 3.8) is 0 Å². The number of nitrogens with zero attached hydrogens (tertiary/aromatic N) is 2. The summed E-state index contributed by atoms with van der Waals surface area (Å²) in [6.45, 7) is 0. The summed E-state index contributed by atoms with van der Waals surface area (Å²) < 4.78 is 38.7. The lowest BCUT2D eigenvalue weighted by Crippen LogP contribution is -2.15. The molecule has 1 aromatic carbocycles. The molecule has 6 nitrogen and oxygen atoms in total. The molecule has 2 aromatic rings. The molecule has 1 amide bonds. The van der Waals surface area contributed by atoms with Crippen molar-refractivity contribution in [3.05, 3.63) is 35.4 Å². The number of benzene rings is 1. The summed E-state index contributed by atoms with van der Waals surface area (Å²) in [6, 6.07) is 0.835. The van der Waals surface area contributed by atoms with Crippen LogP contribution < -0.4 is 11.1 Å². The monoisotopic (exact) mass is 257 g/mol. The molecule has 0 unspecified atom stereocenters. The molecule has 0 saturated carbocycles. The van der Waals surface area contributed by atoms with Crippen LogP contribution in [0.1, 0.15) is 10.6 Å². The average molecular weight is 257 g/mol. The zero-order chi connectivity index (χ0) is 13.3. The standard InChI is InChI=1S/C9H6F3N5O/c10-3-1-5(12)6(2-4(3)11)14-8(18)7-15-9(13)17-16-7/h1-2H,(H,14,18)(H3,13,15,16,17). The number of amides is 1. The number of halogens is 3. The third kappa shape index (κ3) is 2.24. The highest BCUT2D eigenvalue weighted by Crippen LogP contribution is 2.18. The molecule has 9 heteroatoms. The Morgan fingerprint density at radius 3 is 2.50 bits per heavy atom. The maximum Gasteiger partial charge on any atom is 0.293 e. The Kier molecular flexibility index (Phi) is 2.88. The first-order valence-electron chi connectivity index (χ1n) is 4.61. The molecule has 94 valence electrons. The molecule has 2 rings (SSSR count). The number of nitrogens with two attached hydrogens (primary N) is 1. The van der Waals surface area contributed by atoms with E-state index in [1.807, 2.05) is 5.32 Å². The lowest BCUT2D eigenvalue weighted by atomic mass is 10.3. The summed E-state index contributed by atoms with van der Waals surface area (Å²) in [5, 5.41) is 7.57. The van der Waals surface area contributed by atoms with Crippen molar-refractivity contribution < 1.29 is 18.0 Å². The second kappa shape index (κ2) is 4.35. The van der Waals surface area contributed by atoms with E-state index in [0.717, 1.165) is 0 Å². The van der Waals surface area contributed by atoms with E-state index in [0.29, 0.717) is 12.1 Å². The molecule has 0 aliphatic heterocycles. The van der Waals surface area contributed by atoms with E-state index in [2.05, 4.69) is 15.2 Å². The van der Waals surface area contributed by atoms with Gasteiger partial charge in [0.2, 0.25) is 11.8 Å². The van der Waals surface area contributed by atoms with Gasteiger partial charge in [-0.15, -0.1) is 5.10 Å². The molecule has 1 aromatic heterocycles. The van der Waals surface area contributed by atoms with Crippen LogP contribution in [0.2, 0.25) is 0 Å². The molecule has 4 N–H and O–H groups in total. The van der Waals surface area contributed by atoms with Crippen LogP contribution in [0.3, 0.4) is 0 Å².